The number of hydrogen-bond acceptors (Lipinski definition) is 5. The number of fused-ring (bicyclic) bond motifs is 1. The molecule has 2 aromatic rings. The first kappa shape index (κ1) is 17.3. The summed E-state index contributed by atoms with van der Waals surface area (Å²) >= 11 is 0. The van der Waals surface area contributed by atoms with Gasteiger partial charge in [-0.2, -0.15) is 0 Å². The number of hydrogen-bond donors (Lipinski definition) is 3. The molecule has 0 aliphatic heterocycles. The van der Waals surface area contributed by atoms with E-state index in [2.05, 4.69) is 10.3 Å². The summed E-state index contributed by atoms with van der Waals surface area (Å²) in [5.41, 5.74) is 6.34. The zero-order valence-corrected chi connectivity index (χ0v) is 13.1. The van der Waals surface area contributed by atoms with Crippen LogP contribution in [-0.4, -0.2) is 44.9 Å². The number of aromatic nitrogens is 2. The number of carboxylic acid groups (broad SMARTS) is 1. The Bertz CT molecular complexity index is 770. The van der Waals surface area contributed by atoms with Gasteiger partial charge in [0, 0.05) is 18.8 Å². The maximum absolute atomic E-state index is 11.9. The average Bonchev–Trinajstić information content (AvgIpc) is 2.89. The average molecular weight is 334 g/mol. The van der Waals surface area contributed by atoms with Gasteiger partial charge in [0.15, 0.2) is 18.0 Å². The van der Waals surface area contributed by atoms with Gasteiger partial charge >= 0.3 is 5.97 Å². The molecule has 2 amide bonds. The third kappa shape index (κ3) is 4.45. The number of aliphatic carboxylic acids is 1. The normalized spacial score (nSPS) is 11.9. The van der Waals surface area contributed by atoms with Gasteiger partial charge in [0.05, 0.1) is 5.69 Å². The van der Waals surface area contributed by atoms with Crippen LogP contribution >= 0.6 is 0 Å². The van der Waals surface area contributed by atoms with Crippen molar-refractivity contribution in [2.75, 3.05) is 6.61 Å². The fraction of sp³-hybridized carbons (Fsp3) is 0.333. The van der Waals surface area contributed by atoms with Crippen LogP contribution in [0.2, 0.25) is 0 Å². The number of imidazole rings is 1. The van der Waals surface area contributed by atoms with Gasteiger partial charge in [-0.05, 0) is 25.5 Å². The highest BCUT2D eigenvalue weighted by Gasteiger charge is 2.21. The standard InChI is InChI=1S/C15H18N4O5/c1-9-7-19-6-2-3-11(14(19)17-9)24-8-13(21)18-10(15(22)23)4-5-12(16)20/h2-3,6-7,10H,4-5,8H2,1H3,(H2,16,20)(H,18,21)(H,22,23). The van der Waals surface area contributed by atoms with Gasteiger partial charge in [0.25, 0.3) is 5.91 Å². The molecule has 2 heterocycles. The molecule has 0 radical (unpaired) electrons. The quantitative estimate of drug-likeness (QED) is 0.614. The maximum Gasteiger partial charge on any atom is 0.326 e. The van der Waals surface area contributed by atoms with Gasteiger partial charge in [-0.25, -0.2) is 9.78 Å². The number of aryl methyl sites for hydroxylation is 1. The molecule has 2 aromatic heterocycles. The van der Waals surface area contributed by atoms with Crippen LogP contribution in [0, 0.1) is 6.92 Å². The highest BCUT2D eigenvalue weighted by molar-refractivity contribution is 5.85. The van der Waals surface area contributed by atoms with Gasteiger partial charge in [-0.3, -0.25) is 9.59 Å². The summed E-state index contributed by atoms with van der Waals surface area (Å²) in [6.45, 7) is 1.46. The molecule has 0 saturated heterocycles. The Hall–Kier alpha value is -3.10. The third-order valence-electron chi connectivity index (χ3n) is 3.24. The molecule has 0 aliphatic rings. The second-order valence-electron chi connectivity index (χ2n) is 5.24. The Balaban J connectivity index is 1.96. The molecule has 0 saturated carbocycles. The highest BCUT2D eigenvalue weighted by Crippen LogP contribution is 2.18. The van der Waals surface area contributed by atoms with E-state index in [9.17, 15) is 14.4 Å². The number of primary amides is 1. The molecule has 9 heteroatoms. The monoisotopic (exact) mass is 334 g/mol. The number of carbonyl (C=O) groups excluding carboxylic acids is 2. The van der Waals surface area contributed by atoms with Crippen LogP contribution in [0.5, 0.6) is 5.75 Å². The fourth-order valence-electron chi connectivity index (χ4n) is 2.15. The van der Waals surface area contributed by atoms with Crippen LogP contribution in [0.3, 0.4) is 0 Å². The van der Waals surface area contributed by atoms with E-state index in [0.29, 0.717) is 11.4 Å². The summed E-state index contributed by atoms with van der Waals surface area (Å²) in [4.78, 5) is 38.0. The number of nitrogens with one attached hydrogen (secondary N) is 1. The van der Waals surface area contributed by atoms with Crippen LogP contribution in [0.4, 0.5) is 0 Å². The number of ether oxygens (including phenoxy) is 1. The summed E-state index contributed by atoms with van der Waals surface area (Å²) in [5.74, 6) is -2.08. The minimum Gasteiger partial charge on any atom is -0.480 e. The first-order valence-electron chi connectivity index (χ1n) is 7.24. The fourth-order valence-corrected chi connectivity index (χ4v) is 2.15. The molecule has 0 fully saturated rings. The van der Waals surface area contributed by atoms with E-state index < -0.39 is 23.8 Å². The molecule has 128 valence electrons. The number of carboxylic acids is 1. The van der Waals surface area contributed by atoms with E-state index in [1.165, 1.54) is 0 Å². The molecule has 2 rings (SSSR count). The van der Waals surface area contributed by atoms with Crippen molar-refractivity contribution in [3.63, 3.8) is 0 Å². The highest BCUT2D eigenvalue weighted by atomic mass is 16.5. The molecule has 1 unspecified atom stereocenters. The minimum absolute atomic E-state index is 0.0779. The van der Waals surface area contributed by atoms with E-state index >= 15 is 0 Å². The number of carbonyl (C=O) groups is 3. The summed E-state index contributed by atoms with van der Waals surface area (Å²) in [6, 6.07) is 2.21. The van der Waals surface area contributed by atoms with E-state index in [1.807, 2.05) is 13.1 Å². The second-order valence-corrected chi connectivity index (χ2v) is 5.24. The Morgan fingerprint density at radius 1 is 1.46 bits per heavy atom. The lowest BCUT2D eigenvalue weighted by molar-refractivity contribution is -0.142. The zero-order valence-electron chi connectivity index (χ0n) is 13.1. The molecule has 0 spiro atoms. The Labute approximate surface area is 137 Å². The van der Waals surface area contributed by atoms with Crippen molar-refractivity contribution in [1.82, 2.24) is 14.7 Å². The lowest BCUT2D eigenvalue weighted by Crippen LogP contribution is -2.43. The van der Waals surface area contributed by atoms with E-state index in [-0.39, 0.29) is 19.4 Å². The van der Waals surface area contributed by atoms with Crippen LogP contribution < -0.4 is 15.8 Å². The smallest absolute Gasteiger partial charge is 0.326 e. The van der Waals surface area contributed by atoms with Gasteiger partial charge in [-0.1, -0.05) is 0 Å². The van der Waals surface area contributed by atoms with Gasteiger partial charge in [0.2, 0.25) is 5.91 Å². The first-order valence-corrected chi connectivity index (χ1v) is 7.24. The molecule has 0 aromatic carbocycles. The Morgan fingerprint density at radius 2 is 2.21 bits per heavy atom. The molecule has 1 atom stereocenters. The van der Waals surface area contributed by atoms with Gasteiger partial charge < -0.3 is 25.3 Å². The molecule has 4 N–H and O–H groups in total. The number of pyridine rings is 1. The molecular weight excluding hydrogens is 316 g/mol. The van der Waals surface area contributed by atoms with E-state index in [4.69, 9.17) is 15.6 Å². The van der Waals surface area contributed by atoms with E-state index in [1.54, 1.807) is 22.7 Å². The largest absolute Gasteiger partial charge is 0.480 e. The van der Waals surface area contributed by atoms with Crippen molar-refractivity contribution in [3.05, 3.63) is 30.2 Å². The van der Waals surface area contributed by atoms with E-state index in [0.717, 1.165) is 5.69 Å². The summed E-state index contributed by atoms with van der Waals surface area (Å²) in [5, 5.41) is 11.3. The van der Waals surface area contributed by atoms with Gasteiger partial charge in [0.1, 0.15) is 6.04 Å². The minimum atomic E-state index is -1.24. The number of nitrogens with zero attached hydrogens (tertiary/aromatic N) is 2. The van der Waals surface area contributed by atoms with Crippen LogP contribution in [0.15, 0.2) is 24.5 Å². The van der Waals surface area contributed by atoms with Crippen molar-refractivity contribution in [2.45, 2.75) is 25.8 Å². The summed E-state index contributed by atoms with van der Waals surface area (Å²) < 4.78 is 7.18. The number of rotatable bonds is 8. The van der Waals surface area contributed by atoms with Crippen molar-refractivity contribution in [3.8, 4) is 5.75 Å². The summed E-state index contributed by atoms with van der Waals surface area (Å²) in [6.07, 6.45) is 3.40. The van der Waals surface area contributed by atoms with Gasteiger partial charge in [-0.15, -0.1) is 0 Å². The zero-order chi connectivity index (χ0) is 17.7. The van der Waals surface area contributed by atoms with Crippen LogP contribution in [-0.2, 0) is 14.4 Å². The predicted molar refractivity (Wildman–Crippen MR) is 83.4 cm³/mol. The van der Waals surface area contributed by atoms with Crippen LogP contribution in [0.25, 0.3) is 5.65 Å². The lowest BCUT2D eigenvalue weighted by Gasteiger charge is -2.14. The molecular formula is C15H18N4O5. The second kappa shape index (κ2) is 7.44. The maximum atomic E-state index is 11.9. The first-order chi connectivity index (χ1) is 11.4. The predicted octanol–water partition coefficient (Wildman–Crippen LogP) is -0.144. The van der Waals surface area contributed by atoms with Crippen molar-refractivity contribution in [1.29, 1.82) is 0 Å². The SMILES string of the molecule is Cc1cn2cccc(OCC(=O)NC(CCC(N)=O)C(=O)O)c2n1. The Kier molecular flexibility index (Phi) is 5.35. The molecule has 9 nitrogen and oxygen atoms in total. The molecule has 0 aliphatic carbocycles. The van der Waals surface area contributed by atoms with Crippen LogP contribution in [0.1, 0.15) is 18.5 Å². The summed E-state index contributed by atoms with van der Waals surface area (Å²) in [7, 11) is 0. The van der Waals surface area contributed by atoms with Crippen molar-refractivity contribution in [2.24, 2.45) is 5.73 Å². The molecule has 0 bridgehead atoms. The lowest BCUT2D eigenvalue weighted by atomic mass is 10.1. The topological polar surface area (TPSA) is 136 Å². The van der Waals surface area contributed by atoms with Crippen molar-refractivity contribution < 1.29 is 24.2 Å². The number of amides is 2. The Morgan fingerprint density at radius 3 is 2.88 bits per heavy atom. The third-order valence-corrected chi connectivity index (χ3v) is 3.24. The van der Waals surface area contributed by atoms with Crippen molar-refractivity contribution >= 4 is 23.4 Å². The number of nitrogens with two attached hydrogens (primary N) is 1. The molecule has 24 heavy (non-hydrogen) atoms.